The van der Waals surface area contributed by atoms with Crippen molar-refractivity contribution in [2.24, 2.45) is 0 Å². The van der Waals surface area contributed by atoms with Crippen LogP contribution in [0.25, 0.3) is 10.9 Å². The maximum Gasteiger partial charge on any atom is 0.293 e. The summed E-state index contributed by atoms with van der Waals surface area (Å²) in [6.07, 6.45) is 4.25. The smallest absolute Gasteiger partial charge is 0.293 e. The first-order valence-electron chi connectivity index (χ1n) is 6.67. The van der Waals surface area contributed by atoms with Gasteiger partial charge in [-0.3, -0.25) is 14.9 Å². The molecule has 0 saturated heterocycles. The minimum absolute atomic E-state index is 0.00735. The first-order valence-corrected chi connectivity index (χ1v) is 6.67. The standard InChI is InChI=1S/C14H15N3O3/c18-13(15-11-4-5-11)7-9-16-8-6-10-2-1-3-12(14(10)16)17(19)20/h1-3,6,8,11H,4-5,7,9H2,(H,15,18). The Balaban J connectivity index is 1.80. The number of aromatic nitrogens is 1. The molecule has 1 aliphatic carbocycles. The van der Waals surface area contributed by atoms with Crippen molar-refractivity contribution in [3.05, 3.63) is 40.6 Å². The van der Waals surface area contributed by atoms with Crippen molar-refractivity contribution in [2.45, 2.75) is 31.8 Å². The number of para-hydroxylation sites is 1. The number of non-ortho nitro benzene ring substituents is 1. The fraction of sp³-hybridized carbons (Fsp3) is 0.357. The lowest BCUT2D eigenvalue weighted by Gasteiger charge is -2.06. The van der Waals surface area contributed by atoms with Crippen LogP contribution in [0.15, 0.2) is 30.5 Å². The van der Waals surface area contributed by atoms with Crippen molar-refractivity contribution in [1.29, 1.82) is 0 Å². The van der Waals surface area contributed by atoms with Crippen molar-refractivity contribution in [3.8, 4) is 0 Å². The molecule has 1 aromatic heterocycles. The number of nitro groups is 1. The molecule has 2 aromatic rings. The van der Waals surface area contributed by atoms with Gasteiger partial charge in [-0.25, -0.2) is 0 Å². The summed E-state index contributed by atoms with van der Waals surface area (Å²) in [5, 5.41) is 14.8. The SMILES string of the molecule is O=C(CCn1ccc2cccc([N+](=O)[O-])c21)NC1CC1. The summed E-state index contributed by atoms with van der Waals surface area (Å²) in [5.41, 5.74) is 0.659. The van der Waals surface area contributed by atoms with Gasteiger partial charge in [0.2, 0.25) is 5.91 Å². The van der Waals surface area contributed by atoms with Crippen molar-refractivity contribution >= 4 is 22.5 Å². The summed E-state index contributed by atoms with van der Waals surface area (Å²) in [6.45, 7) is 0.451. The highest BCUT2D eigenvalue weighted by Gasteiger charge is 2.23. The molecule has 1 heterocycles. The van der Waals surface area contributed by atoms with Gasteiger partial charge in [-0.15, -0.1) is 0 Å². The molecule has 20 heavy (non-hydrogen) atoms. The zero-order valence-electron chi connectivity index (χ0n) is 10.9. The number of hydrogen-bond acceptors (Lipinski definition) is 3. The molecule has 0 radical (unpaired) electrons. The maximum absolute atomic E-state index is 11.7. The molecule has 0 aliphatic heterocycles. The largest absolute Gasteiger partial charge is 0.353 e. The van der Waals surface area contributed by atoms with E-state index in [-0.39, 0.29) is 16.5 Å². The zero-order valence-corrected chi connectivity index (χ0v) is 10.9. The van der Waals surface area contributed by atoms with E-state index in [9.17, 15) is 14.9 Å². The number of fused-ring (bicyclic) bond motifs is 1. The van der Waals surface area contributed by atoms with Crippen LogP contribution in [-0.2, 0) is 11.3 Å². The number of aryl methyl sites for hydroxylation is 1. The Bertz CT molecular complexity index is 673. The second kappa shape index (κ2) is 4.96. The monoisotopic (exact) mass is 273 g/mol. The van der Waals surface area contributed by atoms with Crippen molar-refractivity contribution in [3.63, 3.8) is 0 Å². The van der Waals surface area contributed by atoms with Crippen LogP contribution >= 0.6 is 0 Å². The molecular formula is C14H15N3O3. The van der Waals surface area contributed by atoms with Crippen LogP contribution in [-0.4, -0.2) is 21.4 Å². The minimum atomic E-state index is -0.386. The fourth-order valence-corrected chi connectivity index (χ4v) is 2.32. The Hall–Kier alpha value is -2.37. The molecule has 1 saturated carbocycles. The lowest BCUT2D eigenvalue weighted by molar-refractivity contribution is -0.383. The number of nitrogens with one attached hydrogen (secondary N) is 1. The second-order valence-corrected chi connectivity index (χ2v) is 5.07. The Labute approximate surface area is 115 Å². The highest BCUT2D eigenvalue weighted by Crippen LogP contribution is 2.26. The van der Waals surface area contributed by atoms with Crippen LogP contribution < -0.4 is 5.32 Å². The number of nitro benzene ring substituents is 1. The van der Waals surface area contributed by atoms with E-state index in [1.54, 1.807) is 16.8 Å². The molecule has 6 nitrogen and oxygen atoms in total. The average molecular weight is 273 g/mol. The average Bonchev–Trinajstić information content (AvgIpc) is 3.14. The zero-order chi connectivity index (χ0) is 14.1. The van der Waals surface area contributed by atoms with Gasteiger partial charge in [-0.2, -0.15) is 0 Å². The highest BCUT2D eigenvalue weighted by molar-refractivity contribution is 5.88. The van der Waals surface area contributed by atoms with E-state index in [2.05, 4.69) is 5.32 Å². The fourth-order valence-electron chi connectivity index (χ4n) is 2.32. The number of benzene rings is 1. The molecule has 0 unspecified atom stereocenters. The van der Waals surface area contributed by atoms with E-state index in [0.717, 1.165) is 18.2 Å². The molecule has 1 fully saturated rings. The van der Waals surface area contributed by atoms with E-state index in [1.807, 2.05) is 12.1 Å². The van der Waals surface area contributed by atoms with Gasteiger partial charge in [0.1, 0.15) is 5.52 Å². The third-order valence-corrected chi connectivity index (χ3v) is 3.49. The normalized spacial score (nSPS) is 14.4. The van der Waals surface area contributed by atoms with Gasteiger partial charge in [-0.05, 0) is 18.9 Å². The molecule has 1 N–H and O–H groups in total. The summed E-state index contributed by atoms with van der Waals surface area (Å²) in [6, 6.07) is 7.18. The van der Waals surface area contributed by atoms with E-state index in [4.69, 9.17) is 0 Å². The molecule has 1 aliphatic rings. The second-order valence-electron chi connectivity index (χ2n) is 5.07. The summed E-state index contributed by atoms with van der Waals surface area (Å²) < 4.78 is 1.78. The summed E-state index contributed by atoms with van der Waals surface area (Å²) >= 11 is 0. The molecule has 6 heteroatoms. The predicted molar refractivity (Wildman–Crippen MR) is 74.4 cm³/mol. The van der Waals surface area contributed by atoms with Crippen molar-refractivity contribution < 1.29 is 9.72 Å². The van der Waals surface area contributed by atoms with Crippen LogP contribution in [0.4, 0.5) is 5.69 Å². The Morgan fingerprint density at radius 3 is 2.90 bits per heavy atom. The van der Waals surface area contributed by atoms with Gasteiger partial charge >= 0.3 is 0 Å². The summed E-state index contributed by atoms with van der Waals surface area (Å²) in [4.78, 5) is 22.4. The van der Waals surface area contributed by atoms with Gasteiger partial charge in [0.25, 0.3) is 5.69 Å². The van der Waals surface area contributed by atoms with Crippen molar-refractivity contribution in [2.75, 3.05) is 0 Å². The van der Waals surface area contributed by atoms with Gasteiger partial charge in [-0.1, -0.05) is 12.1 Å². The van der Waals surface area contributed by atoms with Crippen LogP contribution in [0.5, 0.6) is 0 Å². The lowest BCUT2D eigenvalue weighted by atomic mass is 10.2. The van der Waals surface area contributed by atoms with Crippen LogP contribution in [0, 0.1) is 10.1 Å². The Morgan fingerprint density at radius 2 is 2.20 bits per heavy atom. The van der Waals surface area contributed by atoms with Gasteiger partial charge in [0.05, 0.1) is 4.92 Å². The number of carbonyl (C=O) groups is 1. The Morgan fingerprint density at radius 1 is 1.40 bits per heavy atom. The number of rotatable bonds is 5. The number of hydrogen-bond donors (Lipinski definition) is 1. The van der Waals surface area contributed by atoms with E-state index in [0.29, 0.717) is 24.5 Å². The molecule has 0 atom stereocenters. The first kappa shape index (κ1) is 12.7. The molecule has 3 rings (SSSR count). The third-order valence-electron chi connectivity index (χ3n) is 3.49. The molecule has 0 bridgehead atoms. The number of nitrogens with zero attached hydrogens (tertiary/aromatic N) is 2. The number of amides is 1. The molecule has 104 valence electrons. The van der Waals surface area contributed by atoms with E-state index in [1.165, 1.54) is 6.07 Å². The van der Waals surface area contributed by atoms with Gasteiger partial charge in [0.15, 0.2) is 0 Å². The molecular weight excluding hydrogens is 258 g/mol. The van der Waals surface area contributed by atoms with E-state index >= 15 is 0 Å². The highest BCUT2D eigenvalue weighted by atomic mass is 16.6. The minimum Gasteiger partial charge on any atom is -0.353 e. The topological polar surface area (TPSA) is 77.2 Å². The van der Waals surface area contributed by atoms with Crippen molar-refractivity contribution in [1.82, 2.24) is 9.88 Å². The third kappa shape index (κ3) is 2.49. The van der Waals surface area contributed by atoms with E-state index < -0.39 is 0 Å². The molecule has 1 amide bonds. The molecule has 1 aromatic carbocycles. The summed E-state index contributed by atoms with van der Waals surface area (Å²) in [7, 11) is 0. The quantitative estimate of drug-likeness (QED) is 0.670. The lowest BCUT2D eigenvalue weighted by Crippen LogP contribution is -2.26. The van der Waals surface area contributed by atoms with Gasteiger partial charge < -0.3 is 9.88 Å². The van der Waals surface area contributed by atoms with Gasteiger partial charge in [0, 0.05) is 36.7 Å². The summed E-state index contributed by atoms with van der Waals surface area (Å²) in [5.74, 6) is 0.00735. The maximum atomic E-state index is 11.7. The molecule has 0 spiro atoms. The van der Waals surface area contributed by atoms with Crippen LogP contribution in [0.1, 0.15) is 19.3 Å². The number of carbonyl (C=O) groups excluding carboxylic acids is 1. The first-order chi connectivity index (χ1) is 9.65. The Kier molecular flexibility index (Phi) is 3.14. The predicted octanol–water partition coefficient (Wildman–Crippen LogP) is 2.22. The van der Waals surface area contributed by atoms with Crippen LogP contribution in [0.3, 0.4) is 0 Å². The van der Waals surface area contributed by atoms with Crippen LogP contribution in [0.2, 0.25) is 0 Å².